The SMILES string of the molecule is C(CCc1ccccc1)=NNN1CCOCC1. The third kappa shape index (κ3) is 4.54. The molecule has 1 saturated heterocycles. The molecule has 1 aliphatic rings. The summed E-state index contributed by atoms with van der Waals surface area (Å²) in [5.41, 5.74) is 4.38. The van der Waals surface area contributed by atoms with Crippen LogP contribution in [-0.2, 0) is 11.2 Å². The summed E-state index contributed by atoms with van der Waals surface area (Å²) in [4.78, 5) is 0. The summed E-state index contributed by atoms with van der Waals surface area (Å²) in [5.74, 6) is 0. The number of morpholine rings is 1. The van der Waals surface area contributed by atoms with Crippen molar-refractivity contribution in [2.24, 2.45) is 5.10 Å². The van der Waals surface area contributed by atoms with Crippen molar-refractivity contribution < 1.29 is 4.74 Å². The Morgan fingerprint density at radius 2 is 2.00 bits per heavy atom. The summed E-state index contributed by atoms with van der Waals surface area (Å²) >= 11 is 0. The Kier molecular flexibility index (Phi) is 5.00. The van der Waals surface area contributed by atoms with E-state index in [2.05, 4.69) is 39.9 Å². The second-order valence-corrected chi connectivity index (χ2v) is 4.04. The van der Waals surface area contributed by atoms with Crippen LogP contribution in [0, 0.1) is 0 Å². The van der Waals surface area contributed by atoms with Gasteiger partial charge in [0.2, 0.25) is 0 Å². The van der Waals surface area contributed by atoms with Gasteiger partial charge in [0.05, 0.1) is 13.2 Å². The Morgan fingerprint density at radius 3 is 2.76 bits per heavy atom. The standard InChI is InChI=1S/C13H19N3O/c1-2-5-13(6-3-1)7-4-8-14-15-16-9-11-17-12-10-16/h1-3,5-6,8,15H,4,7,9-12H2. The lowest BCUT2D eigenvalue weighted by atomic mass is 10.1. The Morgan fingerprint density at radius 1 is 1.24 bits per heavy atom. The average molecular weight is 233 g/mol. The van der Waals surface area contributed by atoms with E-state index in [1.165, 1.54) is 5.56 Å². The monoisotopic (exact) mass is 233 g/mol. The highest BCUT2D eigenvalue weighted by Gasteiger charge is 2.07. The molecule has 1 aromatic carbocycles. The average Bonchev–Trinajstić information content (AvgIpc) is 2.41. The summed E-state index contributed by atoms with van der Waals surface area (Å²) in [6.07, 6.45) is 3.93. The molecule has 0 atom stereocenters. The van der Waals surface area contributed by atoms with Gasteiger partial charge in [0.25, 0.3) is 0 Å². The van der Waals surface area contributed by atoms with E-state index in [1.807, 2.05) is 12.3 Å². The number of ether oxygens (including phenoxy) is 1. The van der Waals surface area contributed by atoms with Gasteiger partial charge in [-0.05, 0) is 18.4 Å². The second-order valence-electron chi connectivity index (χ2n) is 4.04. The van der Waals surface area contributed by atoms with Crippen LogP contribution >= 0.6 is 0 Å². The number of rotatable bonds is 5. The first-order valence-corrected chi connectivity index (χ1v) is 6.09. The highest BCUT2D eigenvalue weighted by molar-refractivity contribution is 5.57. The van der Waals surface area contributed by atoms with E-state index in [-0.39, 0.29) is 0 Å². The Labute approximate surface area is 102 Å². The van der Waals surface area contributed by atoms with Crippen LogP contribution in [0.5, 0.6) is 0 Å². The number of nitrogens with one attached hydrogen (secondary N) is 1. The molecule has 0 bridgehead atoms. The van der Waals surface area contributed by atoms with Gasteiger partial charge < -0.3 is 4.74 Å². The lowest BCUT2D eigenvalue weighted by molar-refractivity contribution is 0.0127. The molecule has 1 aliphatic heterocycles. The first-order valence-electron chi connectivity index (χ1n) is 6.09. The predicted molar refractivity (Wildman–Crippen MR) is 68.8 cm³/mol. The fourth-order valence-electron chi connectivity index (χ4n) is 1.73. The van der Waals surface area contributed by atoms with Crippen molar-refractivity contribution >= 4 is 6.21 Å². The van der Waals surface area contributed by atoms with Gasteiger partial charge in [0.1, 0.15) is 0 Å². The van der Waals surface area contributed by atoms with Gasteiger partial charge in [-0.15, -0.1) is 0 Å². The van der Waals surface area contributed by atoms with E-state index in [4.69, 9.17) is 4.74 Å². The first kappa shape index (κ1) is 12.1. The summed E-state index contributed by atoms with van der Waals surface area (Å²) < 4.78 is 5.25. The molecule has 92 valence electrons. The maximum absolute atomic E-state index is 5.25. The molecule has 0 saturated carbocycles. The maximum atomic E-state index is 5.25. The van der Waals surface area contributed by atoms with Crippen molar-refractivity contribution in [2.45, 2.75) is 12.8 Å². The Hall–Kier alpha value is -1.39. The van der Waals surface area contributed by atoms with Gasteiger partial charge >= 0.3 is 0 Å². The fourth-order valence-corrected chi connectivity index (χ4v) is 1.73. The number of nitrogens with zero attached hydrogens (tertiary/aromatic N) is 2. The van der Waals surface area contributed by atoms with E-state index in [0.717, 1.165) is 39.1 Å². The number of hydrazone groups is 1. The minimum Gasteiger partial charge on any atom is -0.379 e. The molecule has 1 N–H and O–H groups in total. The zero-order valence-corrected chi connectivity index (χ0v) is 10.0. The fraction of sp³-hybridized carbons (Fsp3) is 0.462. The molecule has 2 rings (SSSR count). The van der Waals surface area contributed by atoms with Crippen molar-refractivity contribution in [3.05, 3.63) is 35.9 Å². The predicted octanol–water partition coefficient (Wildman–Crippen LogP) is 1.44. The van der Waals surface area contributed by atoms with Crippen LogP contribution < -0.4 is 5.53 Å². The van der Waals surface area contributed by atoms with Gasteiger partial charge in [-0.25, -0.2) is 10.5 Å². The molecule has 0 aromatic heterocycles. The normalized spacial score (nSPS) is 17.4. The molecule has 4 heteroatoms. The molecule has 4 nitrogen and oxygen atoms in total. The van der Waals surface area contributed by atoms with E-state index in [1.54, 1.807) is 0 Å². The number of hydrogen-bond acceptors (Lipinski definition) is 4. The van der Waals surface area contributed by atoms with Crippen molar-refractivity contribution in [2.75, 3.05) is 26.3 Å². The van der Waals surface area contributed by atoms with Gasteiger partial charge in [0.15, 0.2) is 0 Å². The lowest BCUT2D eigenvalue weighted by Gasteiger charge is -2.25. The van der Waals surface area contributed by atoms with Crippen LogP contribution in [0.25, 0.3) is 0 Å². The van der Waals surface area contributed by atoms with Crippen molar-refractivity contribution in [3.8, 4) is 0 Å². The molecule has 1 heterocycles. The van der Waals surface area contributed by atoms with E-state index in [0.29, 0.717) is 0 Å². The van der Waals surface area contributed by atoms with E-state index < -0.39 is 0 Å². The molecule has 0 aliphatic carbocycles. The number of hydrogen-bond donors (Lipinski definition) is 1. The molecule has 17 heavy (non-hydrogen) atoms. The highest BCUT2D eigenvalue weighted by atomic mass is 16.5. The molecular formula is C13H19N3O. The van der Waals surface area contributed by atoms with Gasteiger partial charge in [0, 0.05) is 19.3 Å². The maximum Gasteiger partial charge on any atom is 0.0613 e. The van der Waals surface area contributed by atoms with Crippen LogP contribution in [0.4, 0.5) is 0 Å². The van der Waals surface area contributed by atoms with Crippen LogP contribution in [0.1, 0.15) is 12.0 Å². The largest absolute Gasteiger partial charge is 0.379 e. The first-order chi connectivity index (χ1) is 8.45. The molecule has 0 unspecified atom stereocenters. The Bertz CT molecular complexity index is 334. The molecular weight excluding hydrogens is 214 g/mol. The zero-order chi connectivity index (χ0) is 11.8. The molecule has 1 fully saturated rings. The minimum absolute atomic E-state index is 0.784. The summed E-state index contributed by atoms with van der Waals surface area (Å²) in [7, 11) is 0. The van der Waals surface area contributed by atoms with Crippen LogP contribution in [0.3, 0.4) is 0 Å². The second kappa shape index (κ2) is 7.04. The van der Waals surface area contributed by atoms with Gasteiger partial charge in [-0.2, -0.15) is 5.10 Å². The van der Waals surface area contributed by atoms with Crippen LogP contribution in [0.15, 0.2) is 35.4 Å². The van der Waals surface area contributed by atoms with Crippen molar-refractivity contribution in [1.29, 1.82) is 0 Å². The van der Waals surface area contributed by atoms with Gasteiger partial charge in [-0.1, -0.05) is 30.3 Å². The minimum atomic E-state index is 0.784. The van der Waals surface area contributed by atoms with Crippen molar-refractivity contribution in [1.82, 2.24) is 10.5 Å². The summed E-state index contributed by atoms with van der Waals surface area (Å²) in [5, 5.41) is 6.28. The molecule has 0 radical (unpaired) electrons. The van der Waals surface area contributed by atoms with Gasteiger partial charge in [-0.3, -0.25) is 0 Å². The number of hydrazine groups is 1. The number of aryl methyl sites for hydroxylation is 1. The Balaban J connectivity index is 1.61. The van der Waals surface area contributed by atoms with Crippen LogP contribution in [-0.4, -0.2) is 37.5 Å². The molecule has 0 amide bonds. The molecule has 1 aromatic rings. The molecule has 0 spiro atoms. The van der Waals surface area contributed by atoms with Crippen LogP contribution in [0.2, 0.25) is 0 Å². The zero-order valence-electron chi connectivity index (χ0n) is 10.0. The smallest absolute Gasteiger partial charge is 0.0613 e. The summed E-state index contributed by atoms with van der Waals surface area (Å²) in [6, 6.07) is 10.5. The van der Waals surface area contributed by atoms with E-state index in [9.17, 15) is 0 Å². The topological polar surface area (TPSA) is 36.9 Å². The highest BCUT2D eigenvalue weighted by Crippen LogP contribution is 2.00. The summed E-state index contributed by atoms with van der Waals surface area (Å²) in [6.45, 7) is 3.37. The lowest BCUT2D eigenvalue weighted by Crippen LogP contribution is -2.43. The number of benzene rings is 1. The quantitative estimate of drug-likeness (QED) is 0.617. The van der Waals surface area contributed by atoms with Crippen molar-refractivity contribution in [3.63, 3.8) is 0 Å². The third-order valence-electron chi connectivity index (χ3n) is 2.71. The van der Waals surface area contributed by atoms with E-state index >= 15 is 0 Å². The third-order valence-corrected chi connectivity index (χ3v) is 2.71.